The van der Waals surface area contributed by atoms with Crippen molar-refractivity contribution < 1.29 is 19.1 Å². The zero-order chi connectivity index (χ0) is 15.8. The van der Waals surface area contributed by atoms with Gasteiger partial charge in [0.25, 0.3) is 0 Å². The molecule has 0 unspecified atom stereocenters. The van der Waals surface area contributed by atoms with Crippen molar-refractivity contribution in [2.45, 2.75) is 82.5 Å². The molecule has 0 aromatic rings. The van der Waals surface area contributed by atoms with Crippen LogP contribution in [0.15, 0.2) is 0 Å². The maximum absolute atomic E-state index is 12.8. The summed E-state index contributed by atoms with van der Waals surface area (Å²) in [5.74, 6) is -0.623. The molecule has 2 atom stereocenters. The van der Waals surface area contributed by atoms with Gasteiger partial charge < -0.3 is 14.8 Å². The van der Waals surface area contributed by atoms with E-state index in [9.17, 15) is 9.59 Å². The first kappa shape index (κ1) is 15.8. The van der Waals surface area contributed by atoms with Crippen molar-refractivity contribution >= 4 is 11.9 Å². The average Bonchev–Trinajstić information content (AvgIpc) is 2.74. The number of carbonyl (C=O) groups excluding carboxylic acids is 2. The van der Waals surface area contributed by atoms with E-state index in [1.165, 1.54) is 19.3 Å². The minimum atomic E-state index is -0.669. The molecule has 1 saturated carbocycles. The zero-order valence-corrected chi connectivity index (χ0v) is 13.7. The van der Waals surface area contributed by atoms with Gasteiger partial charge in [0.2, 0.25) is 5.91 Å². The van der Waals surface area contributed by atoms with Crippen LogP contribution in [0, 0.1) is 5.92 Å². The Bertz CT molecular complexity index is 456. The smallest absolute Gasteiger partial charge is 0.307 e. The molecule has 1 aliphatic carbocycles. The number of carbonyl (C=O) groups is 2. The Hall–Kier alpha value is -1.10. The minimum absolute atomic E-state index is 0.00421. The number of rotatable bonds is 2. The summed E-state index contributed by atoms with van der Waals surface area (Å²) in [6, 6.07) is 0.266. The van der Waals surface area contributed by atoms with Crippen molar-refractivity contribution in [1.82, 2.24) is 5.32 Å². The molecule has 0 aromatic heterocycles. The fourth-order valence-corrected chi connectivity index (χ4v) is 4.32. The van der Waals surface area contributed by atoms with Crippen LogP contribution in [0.3, 0.4) is 0 Å². The third-order valence-electron chi connectivity index (χ3n) is 5.33. The van der Waals surface area contributed by atoms with Gasteiger partial charge in [0, 0.05) is 18.9 Å². The Morgan fingerprint density at radius 1 is 1.23 bits per heavy atom. The number of hydrogen-bond donors (Lipinski definition) is 1. The first-order chi connectivity index (χ1) is 10.4. The predicted molar refractivity (Wildman–Crippen MR) is 81.2 cm³/mol. The Kier molecular flexibility index (Phi) is 4.19. The van der Waals surface area contributed by atoms with E-state index in [1.54, 1.807) is 0 Å². The number of amides is 1. The molecule has 5 heteroatoms. The lowest BCUT2D eigenvalue weighted by Gasteiger charge is -2.44. The Labute approximate surface area is 132 Å². The lowest BCUT2D eigenvalue weighted by atomic mass is 9.75. The van der Waals surface area contributed by atoms with E-state index in [0.29, 0.717) is 19.4 Å². The van der Waals surface area contributed by atoms with Crippen molar-refractivity contribution in [3.05, 3.63) is 0 Å². The van der Waals surface area contributed by atoms with E-state index >= 15 is 0 Å². The molecule has 1 N–H and O–H groups in total. The molecule has 0 radical (unpaired) electrons. The van der Waals surface area contributed by atoms with Crippen LogP contribution >= 0.6 is 0 Å². The summed E-state index contributed by atoms with van der Waals surface area (Å²) < 4.78 is 11.4. The van der Waals surface area contributed by atoms with Crippen LogP contribution in [0.25, 0.3) is 0 Å². The summed E-state index contributed by atoms with van der Waals surface area (Å²) >= 11 is 0. The lowest BCUT2D eigenvalue weighted by molar-refractivity contribution is -0.179. The number of hydrogen-bond acceptors (Lipinski definition) is 4. The first-order valence-corrected chi connectivity index (χ1v) is 8.56. The highest BCUT2D eigenvalue weighted by atomic mass is 16.6. The highest BCUT2D eigenvalue weighted by molar-refractivity contribution is 5.88. The van der Waals surface area contributed by atoms with Crippen molar-refractivity contribution in [3.8, 4) is 0 Å². The van der Waals surface area contributed by atoms with Crippen LogP contribution < -0.4 is 5.32 Å². The van der Waals surface area contributed by atoms with E-state index in [4.69, 9.17) is 9.47 Å². The van der Waals surface area contributed by atoms with Gasteiger partial charge in [-0.25, -0.2) is 0 Å². The Balaban J connectivity index is 1.72. The molecule has 3 rings (SSSR count). The summed E-state index contributed by atoms with van der Waals surface area (Å²) in [5, 5.41) is 3.17. The van der Waals surface area contributed by atoms with Crippen LogP contribution in [0.5, 0.6) is 0 Å². The average molecular weight is 309 g/mol. The molecule has 1 spiro atoms. The number of ether oxygens (including phenoxy) is 2. The van der Waals surface area contributed by atoms with Gasteiger partial charge in [-0.05, 0) is 26.7 Å². The van der Waals surface area contributed by atoms with Gasteiger partial charge >= 0.3 is 5.97 Å². The molecular formula is C17H27NO4. The van der Waals surface area contributed by atoms with Crippen molar-refractivity contribution in [2.75, 3.05) is 6.61 Å². The maximum atomic E-state index is 12.8. The van der Waals surface area contributed by atoms with Crippen LogP contribution in [-0.4, -0.2) is 35.7 Å². The predicted octanol–water partition coefficient (Wildman–Crippen LogP) is 2.33. The Morgan fingerprint density at radius 2 is 1.95 bits per heavy atom. The number of nitrogens with one attached hydrogen (secondary N) is 1. The topological polar surface area (TPSA) is 64.6 Å². The zero-order valence-electron chi connectivity index (χ0n) is 13.7. The third-order valence-corrected chi connectivity index (χ3v) is 5.33. The molecular weight excluding hydrogens is 282 g/mol. The summed E-state index contributed by atoms with van der Waals surface area (Å²) in [6.45, 7) is 4.53. The summed E-state index contributed by atoms with van der Waals surface area (Å²) in [7, 11) is 0. The van der Waals surface area contributed by atoms with E-state index in [-0.39, 0.29) is 35.9 Å². The summed E-state index contributed by atoms with van der Waals surface area (Å²) in [4.78, 5) is 24.7. The van der Waals surface area contributed by atoms with Crippen LogP contribution in [0.4, 0.5) is 0 Å². The van der Waals surface area contributed by atoms with Crippen LogP contribution in [0.1, 0.15) is 65.2 Å². The van der Waals surface area contributed by atoms with E-state index in [2.05, 4.69) is 5.32 Å². The molecule has 3 fully saturated rings. The van der Waals surface area contributed by atoms with Gasteiger partial charge in [0.15, 0.2) is 0 Å². The first-order valence-electron chi connectivity index (χ1n) is 8.56. The van der Waals surface area contributed by atoms with E-state index in [0.717, 1.165) is 12.8 Å². The van der Waals surface area contributed by atoms with Crippen LogP contribution in [-0.2, 0) is 19.1 Å². The second-order valence-electron chi connectivity index (χ2n) is 7.67. The van der Waals surface area contributed by atoms with Crippen molar-refractivity contribution in [2.24, 2.45) is 5.92 Å². The second-order valence-corrected chi connectivity index (χ2v) is 7.67. The lowest BCUT2D eigenvalue weighted by Crippen LogP contribution is -2.54. The highest BCUT2D eigenvalue weighted by Gasteiger charge is 2.56. The maximum Gasteiger partial charge on any atom is 0.307 e. The molecule has 2 saturated heterocycles. The quantitative estimate of drug-likeness (QED) is 0.795. The largest absolute Gasteiger partial charge is 0.458 e. The van der Waals surface area contributed by atoms with E-state index in [1.807, 2.05) is 13.8 Å². The van der Waals surface area contributed by atoms with Gasteiger partial charge in [0.05, 0.1) is 24.5 Å². The molecule has 3 aliphatic rings. The van der Waals surface area contributed by atoms with Gasteiger partial charge in [0.1, 0.15) is 5.60 Å². The summed E-state index contributed by atoms with van der Waals surface area (Å²) in [5.41, 5.74) is -1.02. The monoisotopic (exact) mass is 309 g/mol. The molecule has 2 heterocycles. The van der Waals surface area contributed by atoms with E-state index < -0.39 is 5.60 Å². The molecule has 124 valence electrons. The minimum Gasteiger partial charge on any atom is -0.458 e. The second kappa shape index (κ2) is 5.84. The van der Waals surface area contributed by atoms with Gasteiger partial charge in [-0.15, -0.1) is 0 Å². The molecule has 0 aromatic carbocycles. The molecule has 1 amide bonds. The molecule has 22 heavy (non-hydrogen) atoms. The standard InChI is InChI=1S/C17H27NO4/c1-16(2)11-17(8-9-21-16)13(10-14(19)22-17)15(20)18-12-6-4-3-5-7-12/h12-13H,3-11H2,1-2H3,(H,18,20)/t13-,17+/m0/s1. The van der Waals surface area contributed by atoms with Gasteiger partial charge in [-0.3, -0.25) is 9.59 Å². The summed E-state index contributed by atoms with van der Waals surface area (Å²) in [6.07, 6.45) is 7.12. The molecule has 0 bridgehead atoms. The molecule has 5 nitrogen and oxygen atoms in total. The highest BCUT2D eigenvalue weighted by Crippen LogP contribution is 2.45. The van der Waals surface area contributed by atoms with Gasteiger partial charge in [-0.2, -0.15) is 0 Å². The fraction of sp³-hybridized carbons (Fsp3) is 0.882. The van der Waals surface area contributed by atoms with Crippen molar-refractivity contribution in [1.29, 1.82) is 0 Å². The number of esters is 1. The Morgan fingerprint density at radius 3 is 2.64 bits per heavy atom. The molecule has 2 aliphatic heterocycles. The van der Waals surface area contributed by atoms with Crippen LogP contribution in [0.2, 0.25) is 0 Å². The SMILES string of the molecule is CC1(C)C[C@@]2(CCO1)OC(=O)C[C@H]2C(=O)NC1CCCCC1. The fourth-order valence-electron chi connectivity index (χ4n) is 4.32. The third kappa shape index (κ3) is 3.14. The van der Waals surface area contributed by atoms with Crippen molar-refractivity contribution in [3.63, 3.8) is 0 Å². The van der Waals surface area contributed by atoms with Gasteiger partial charge in [-0.1, -0.05) is 19.3 Å². The normalized spacial score (nSPS) is 35.4.